The molecule has 0 heterocycles. The number of carbonyl (C=O) groups is 1. The van der Waals surface area contributed by atoms with Crippen LogP contribution in [-0.4, -0.2) is 29.7 Å². The molecule has 0 unspecified atom stereocenters. The Morgan fingerprint density at radius 1 is 1.03 bits per heavy atom. The summed E-state index contributed by atoms with van der Waals surface area (Å²) >= 11 is 0. The topological polar surface area (TPSA) is 154 Å². The Labute approximate surface area is 189 Å². The van der Waals surface area contributed by atoms with Crippen molar-refractivity contribution < 1.29 is 19.6 Å². The number of aliphatic hydroxyl groups excluding tert-OH is 1. The fourth-order valence-corrected chi connectivity index (χ4v) is 3.08. The van der Waals surface area contributed by atoms with Gasteiger partial charge in [-0.25, -0.2) is 0 Å². The molecule has 2 aromatic rings. The van der Waals surface area contributed by atoms with E-state index in [1.807, 2.05) is 20.8 Å². The third kappa shape index (κ3) is 6.84. The molecule has 0 fully saturated rings. The number of nitrogens with zero attached hydrogens (tertiary/aromatic N) is 1. The van der Waals surface area contributed by atoms with Gasteiger partial charge in [0.05, 0.1) is 21.9 Å². The molecule has 9 nitrogen and oxygen atoms in total. The van der Waals surface area contributed by atoms with Crippen LogP contribution in [0.4, 0.5) is 22.7 Å². The second-order valence-electron chi connectivity index (χ2n) is 7.31. The molecule has 32 heavy (non-hydrogen) atoms. The second-order valence-corrected chi connectivity index (χ2v) is 7.31. The highest BCUT2D eigenvalue weighted by Crippen LogP contribution is 2.41. The largest absolute Gasteiger partial charge is 0.426 e. The first kappa shape index (κ1) is 28.7. The van der Waals surface area contributed by atoms with Crippen molar-refractivity contribution >= 4 is 28.7 Å². The van der Waals surface area contributed by atoms with Crippen LogP contribution in [0.1, 0.15) is 47.2 Å². The van der Waals surface area contributed by atoms with Gasteiger partial charge in [0.1, 0.15) is 11.4 Å². The zero-order valence-electron chi connectivity index (χ0n) is 20.5. The lowest BCUT2D eigenvalue weighted by Gasteiger charge is -2.16. The molecule has 0 aromatic heterocycles. The van der Waals surface area contributed by atoms with Crippen molar-refractivity contribution in [1.82, 2.24) is 0 Å². The van der Waals surface area contributed by atoms with Crippen molar-refractivity contribution in [2.24, 2.45) is 0 Å². The molecule has 0 saturated carbocycles. The minimum Gasteiger partial charge on any atom is -0.426 e. The number of nitrogens with two attached hydrogens (primary N) is 2. The molecule has 0 bridgehead atoms. The average Bonchev–Trinajstić information content (AvgIpc) is 2.71. The van der Waals surface area contributed by atoms with Crippen LogP contribution in [-0.2, 0) is 4.79 Å². The lowest BCUT2D eigenvalue weighted by Crippen LogP contribution is -2.09. The maximum absolute atomic E-state index is 11.1. The number of ether oxygens (including phenoxy) is 1. The number of nitrogen functional groups attached to an aromatic ring is 2. The van der Waals surface area contributed by atoms with Gasteiger partial charge in [0.25, 0.3) is 5.69 Å². The summed E-state index contributed by atoms with van der Waals surface area (Å²) in [5.74, 6) is -0.224. The fourth-order valence-electron chi connectivity index (χ4n) is 3.08. The van der Waals surface area contributed by atoms with E-state index in [0.717, 1.165) is 22.4 Å². The van der Waals surface area contributed by atoms with Gasteiger partial charge in [-0.05, 0) is 76.3 Å². The SMILES string of the molecule is CCO.CNc1c(C)c(C)c(OC(C)=O)c(C)c1[N+](=O)[O-].Cc1cc(C)c(N)c(N)c1C. The number of benzene rings is 2. The second kappa shape index (κ2) is 12.5. The van der Waals surface area contributed by atoms with Gasteiger partial charge in [-0.2, -0.15) is 0 Å². The summed E-state index contributed by atoms with van der Waals surface area (Å²) in [5.41, 5.74) is 18.4. The summed E-state index contributed by atoms with van der Waals surface area (Å²) < 4.78 is 5.08. The Kier molecular flexibility index (Phi) is 11.2. The van der Waals surface area contributed by atoms with Crippen LogP contribution in [0, 0.1) is 51.7 Å². The molecule has 0 radical (unpaired) electrons. The molecule has 0 atom stereocenters. The van der Waals surface area contributed by atoms with E-state index in [2.05, 4.69) is 11.4 Å². The van der Waals surface area contributed by atoms with Gasteiger partial charge in [0.15, 0.2) is 0 Å². The van der Waals surface area contributed by atoms with Gasteiger partial charge < -0.3 is 26.6 Å². The van der Waals surface area contributed by atoms with E-state index < -0.39 is 10.9 Å². The van der Waals surface area contributed by atoms with Gasteiger partial charge in [-0.3, -0.25) is 14.9 Å². The Balaban J connectivity index is 0.000000582. The molecule has 9 heteroatoms. The number of carbonyl (C=O) groups excluding carboxylic acids is 1. The molecular weight excluding hydrogens is 412 g/mol. The first-order valence-electron chi connectivity index (χ1n) is 10.1. The molecule has 0 aliphatic carbocycles. The van der Waals surface area contributed by atoms with Crippen molar-refractivity contribution in [1.29, 1.82) is 0 Å². The third-order valence-corrected chi connectivity index (χ3v) is 5.03. The number of rotatable bonds is 3. The monoisotopic (exact) mass is 448 g/mol. The lowest BCUT2D eigenvalue weighted by atomic mass is 10.00. The van der Waals surface area contributed by atoms with E-state index in [0.29, 0.717) is 22.5 Å². The standard InChI is InChI=1S/C12H16N2O4.C9H14N2.C2H6O/c1-6-7(2)12(18-9(4)15)8(3)11(14(16)17)10(6)13-5;1-5-4-6(2)8(10)9(11)7(5)3;1-2-3/h13H,1-5H3;4H,10-11H2,1-3H3;3H,2H2,1H3. The van der Waals surface area contributed by atoms with E-state index in [1.165, 1.54) is 12.5 Å². The van der Waals surface area contributed by atoms with E-state index >= 15 is 0 Å². The number of hydrogen-bond acceptors (Lipinski definition) is 8. The van der Waals surface area contributed by atoms with Crippen LogP contribution in [0.25, 0.3) is 0 Å². The van der Waals surface area contributed by atoms with Crippen LogP contribution < -0.4 is 21.5 Å². The predicted molar refractivity (Wildman–Crippen MR) is 130 cm³/mol. The highest BCUT2D eigenvalue weighted by atomic mass is 16.6. The third-order valence-electron chi connectivity index (χ3n) is 5.03. The molecule has 0 aliphatic rings. The van der Waals surface area contributed by atoms with Crippen LogP contribution >= 0.6 is 0 Å². The normalized spacial score (nSPS) is 9.69. The Morgan fingerprint density at radius 2 is 1.53 bits per heavy atom. The van der Waals surface area contributed by atoms with Gasteiger partial charge in [0.2, 0.25) is 0 Å². The van der Waals surface area contributed by atoms with Crippen LogP contribution in [0.3, 0.4) is 0 Å². The van der Waals surface area contributed by atoms with E-state index in [1.54, 1.807) is 34.7 Å². The molecule has 0 amide bonds. The van der Waals surface area contributed by atoms with E-state index in [9.17, 15) is 14.9 Å². The zero-order chi connectivity index (χ0) is 25.3. The lowest BCUT2D eigenvalue weighted by molar-refractivity contribution is -0.384. The molecule has 0 saturated heterocycles. The predicted octanol–water partition coefficient (Wildman–Crippen LogP) is 4.26. The first-order chi connectivity index (χ1) is 14.8. The van der Waals surface area contributed by atoms with Crippen molar-refractivity contribution in [3.05, 3.63) is 49.6 Å². The van der Waals surface area contributed by atoms with Crippen molar-refractivity contribution in [2.75, 3.05) is 30.4 Å². The Morgan fingerprint density at radius 3 is 1.94 bits per heavy atom. The van der Waals surface area contributed by atoms with Crippen molar-refractivity contribution in [3.63, 3.8) is 0 Å². The minimum atomic E-state index is -0.493. The highest BCUT2D eigenvalue weighted by molar-refractivity contribution is 5.78. The summed E-state index contributed by atoms with van der Waals surface area (Å²) in [4.78, 5) is 21.7. The number of hydrogen-bond donors (Lipinski definition) is 4. The number of anilines is 3. The Hall–Kier alpha value is -3.33. The number of nitro groups is 1. The Bertz CT molecular complexity index is 961. The molecule has 0 aliphatic heterocycles. The summed E-state index contributed by atoms with van der Waals surface area (Å²) in [5, 5.41) is 21.5. The maximum Gasteiger partial charge on any atom is 0.308 e. The molecule has 0 spiro atoms. The molecule has 178 valence electrons. The number of nitrogens with one attached hydrogen (secondary N) is 1. The summed E-state index contributed by atoms with van der Waals surface area (Å²) in [7, 11) is 1.62. The number of aryl methyl sites for hydroxylation is 2. The van der Waals surface area contributed by atoms with Gasteiger partial charge in [-0.1, -0.05) is 6.07 Å². The quantitative estimate of drug-likeness (QED) is 0.178. The molecule has 6 N–H and O–H groups in total. The van der Waals surface area contributed by atoms with Crippen molar-refractivity contribution in [2.45, 2.75) is 55.4 Å². The summed E-state index contributed by atoms with van der Waals surface area (Å²) in [6, 6.07) is 2.06. The average molecular weight is 449 g/mol. The highest BCUT2D eigenvalue weighted by Gasteiger charge is 2.26. The first-order valence-corrected chi connectivity index (χ1v) is 10.1. The van der Waals surface area contributed by atoms with Gasteiger partial charge >= 0.3 is 5.97 Å². The summed E-state index contributed by atoms with van der Waals surface area (Å²) in [6.07, 6.45) is 0. The zero-order valence-corrected chi connectivity index (χ0v) is 20.5. The fraction of sp³-hybridized carbons (Fsp3) is 0.435. The smallest absolute Gasteiger partial charge is 0.308 e. The summed E-state index contributed by atoms with van der Waals surface area (Å²) in [6.45, 7) is 14.3. The molecule has 2 rings (SSSR count). The number of nitro benzene ring substituents is 1. The van der Waals surface area contributed by atoms with Crippen LogP contribution in [0.5, 0.6) is 5.75 Å². The van der Waals surface area contributed by atoms with Crippen molar-refractivity contribution in [3.8, 4) is 5.75 Å². The van der Waals surface area contributed by atoms with Gasteiger partial charge in [0, 0.05) is 20.6 Å². The van der Waals surface area contributed by atoms with E-state index in [-0.39, 0.29) is 18.0 Å². The maximum atomic E-state index is 11.1. The molecule has 2 aromatic carbocycles. The van der Waals surface area contributed by atoms with Crippen LogP contribution in [0.2, 0.25) is 0 Å². The number of aliphatic hydroxyl groups is 1. The number of esters is 1. The van der Waals surface area contributed by atoms with Gasteiger partial charge in [-0.15, -0.1) is 0 Å². The minimum absolute atomic E-state index is 0.0585. The van der Waals surface area contributed by atoms with Crippen LogP contribution in [0.15, 0.2) is 6.07 Å². The van der Waals surface area contributed by atoms with E-state index in [4.69, 9.17) is 21.3 Å². The molecular formula is C23H36N4O5.